The van der Waals surface area contributed by atoms with Crippen molar-refractivity contribution in [3.05, 3.63) is 34.1 Å². The van der Waals surface area contributed by atoms with Crippen molar-refractivity contribution in [3.8, 4) is 0 Å². The van der Waals surface area contributed by atoms with Gasteiger partial charge >= 0.3 is 5.69 Å². The third kappa shape index (κ3) is 2.23. The van der Waals surface area contributed by atoms with Crippen molar-refractivity contribution in [2.24, 2.45) is 0 Å². The number of nitrogens with zero attached hydrogens (tertiary/aromatic N) is 2. The summed E-state index contributed by atoms with van der Waals surface area (Å²) in [5, 5.41) is 10.5. The lowest BCUT2D eigenvalue weighted by Crippen LogP contribution is -2.24. The fourth-order valence-corrected chi connectivity index (χ4v) is 2.07. The first-order valence-electron chi connectivity index (χ1n) is 4.91. The number of hydrogen-bond acceptors (Lipinski definition) is 4. The maximum Gasteiger partial charge on any atom is 0.306 e. The number of amides is 1. The first kappa shape index (κ1) is 11.8. The first-order chi connectivity index (χ1) is 7.99. The Balaban J connectivity index is 2.37. The normalized spacial score (nSPS) is 19.8. The van der Waals surface area contributed by atoms with Gasteiger partial charge < -0.3 is 4.90 Å². The molecule has 0 bridgehead atoms. The number of nitro groups is 1. The van der Waals surface area contributed by atoms with E-state index < -0.39 is 16.4 Å². The Kier molecular flexibility index (Phi) is 3.01. The Bertz CT molecular complexity index is 494. The molecule has 17 heavy (non-hydrogen) atoms. The largest absolute Gasteiger partial charge is 0.311 e. The van der Waals surface area contributed by atoms with E-state index in [1.807, 2.05) is 0 Å². The van der Waals surface area contributed by atoms with E-state index in [9.17, 15) is 19.3 Å². The molecule has 0 N–H and O–H groups in total. The predicted molar refractivity (Wildman–Crippen MR) is 62.8 cm³/mol. The van der Waals surface area contributed by atoms with Crippen molar-refractivity contribution in [1.29, 1.82) is 0 Å². The molecule has 1 atom stereocenters. The van der Waals surface area contributed by atoms with Crippen LogP contribution in [0.25, 0.3) is 0 Å². The maximum absolute atomic E-state index is 13.1. The van der Waals surface area contributed by atoms with Gasteiger partial charge in [-0.05, 0) is 12.1 Å². The minimum Gasteiger partial charge on any atom is -0.311 e. The van der Waals surface area contributed by atoms with Gasteiger partial charge in [-0.1, -0.05) is 0 Å². The van der Waals surface area contributed by atoms with Crippen LogP contribution in [0.1, 0.15) is 6.42 Å². The van der Waals surface area contributed by atoms with Gasteiger partial charge in [-0.15, -0.1) is 0 Å². The van der Waals surface area contributed by atoms with E-state index in [0.29, 0.717) is 12.2 Å². The lowest BCUT2D eigenvalue weighted by molar-refractivity contribution is -0.387. The number of hydrogen-bond donors (Lipinski definition) is 1. The van der Waals surface area contributed by atoms with E-state index in [0.717, 1.165) is 12.1 Å². The molecule has 1 aliphatic heterocycles. The number of carbonyl (C=O) groups is 1. The summed E-state index contributed by atoms with van der Waals surface area (Å²) in [5.41, 5.74) is -0.294. The van der Waals surface area contributed by atoms with Gasteiger partial charge in [0.05, 0.1) is 10.6 Å². The maximum atomic E-state index is 13.1. The zero-order valence-corrected chi connectivity index (χ0v) is 9.56. The van der Waals surface area contributed by atoms with Crippen LogP contribution in [-0.2, 0) is 4.79 Å². The molecule has 1 aliphatic rings. The minimum atomic E-state index is -0.909. The van der Waals surface area contributed by atoms with Gasteiger partial charge in [0.15, 0.2) is 0 Å². The molecule has 5 nitrogen and oxygen atoms in total. The van der Waals surface area contributed by atoms with Gasteiger partial charge in [0, 0.05) is 24.3 Å². The summed E-state index contributed by atoms with van der Waals surface area (Å²) in [7, 11) is 0. The molecule has 7 heteroatoms. The lowest BCUT2D eigenvalue weighted by Gasteiger charge is -2.15. The average Bonchev–Trinajstić information content (AvgIpc) is 2.58. The molecule has 0 aliphatic carbocycles. The van der Waals surface area contributed by atoms with Gasteiger partial charge in [-0.25, -0.2) is 0 Å². The smallest absolute Gasteiger partial charge is 0.306 e. The number of benzene rings is 1. The number of rotatable bonds is 2. The highest BCUT2D eigenvalue weighted by atomic mass is 32.1. The summed E-state index contributed by atoms with van der Waals surface area (Å²) in [6, 6.07) is 3.41. The summed E-state index contributed by atoms with van der Waals surface area (Å²) in [5.74, 6) is -1.07. The molecule has 90 valence electrons. The van der Waals surface area contributed by atoms with E-state index in [1.54, 1.807) is 0 Å². The summed E-state index contributed by atoms with van der Waals surface area (Å²) in [6.07, 6.45) is 0.286. The highest BCUT2D eigenvalue weighted by molar-refractivity contribution is 7.81. The SMILES string of the molecule is O=C1CC(S)CN1c1ccc(F)c([N+](=O)[O-])c1. The standard InChI is InChI=1S/C10H9FN2O3S/c11-8-2-1-6(3-9(8)13(15)16)12-5-7(17)4-10(12)14/h1-3,7,17H,4-5H2. The second kappa shape index (κ2) is 4.33. The van der Waals surface area contributed by atoms with E-state index >= 15 is 0 Å². The van der Waals surface area contributed by atoms with Crippen LogP contribution < -0.4 is 4.90 Å². The van der Waals surface area contributed by atoms with Crippen molar-refractivity contribution in [2.75, 3.05) is 11.4 Å². The Morgan fingerprint density at radius 3 is 2.76 bits per heavy atom. The van der Waals surface area contributed by atoms with Gasteiger partial charge in [0.25, 0.3) is 0 Å². The fraction of sp³-hybridized carbons (Fsp3) is 0.300. The number of nitro benzene ring substituents is 1. The van der Waals surface area contributed by atoms with Crippen LogP contribution in [0.5, 0.6) is 0 Å². The van der Waals surface area contributed by atoms with Crippen LogP contribution in [0, 0.1) is 15.9 Å². The van der Waals surface area contributed by atoms with E-state index in [4.69, 9.17) is 0 Å². The van der Waals surface area contributed by atoms with E-state index in [-0.39, 0.29) is 17.6 Å². The molecule has 0 spiro atoms. The average molecular weight is 256 g/mol. The molecule has 0 saturated carbocycles. The van der Waals surface area contributed by atoms with Crippen LogP contribution in [0.2, 0.25) is 0 Å². The van der Waals surface area contributed by atoms with Gasteiger partial charge in [0.1, 0.15) is 0 Å². The van der Waals surface area contributed by atoms with Gasteiger partial charge in [-0.2, -0.15) is 17.0 Å². The topological polar surface area (TPSA) is 63.5 Å². The summed E-state index contributed by atoms with van der Waals surface area (Å²) < 4.78 is 13.1. The molecule has 0 aromatic heterocycles. The Labute approximate surface area is 102 Å². The molecule has 1 amide bonds. The zero-order valence-electron chi connectivity index (χ0n) is 8.67. The highest BCUT2D eigenvalue weighted by Gasteiger charge is 2.29. The molecule has 1 heterocycles. The molecule has 1 aromatic rings. The zero-order chi connectivity index (χ0) is 12.6. The minimum absolute atomic E-state index is 0.0911. The number of thiol groups is 1. The second-order valence-corrected chi connectivity index (χ2v) is 4.49. The predicted octanol–water partition coefficient (Wildman–Crippen LogP) is 1.77. The van der Waals surface area contributed by atoms with Crippen LogP contribution in [-0.4, -0.2) is 22.6 Å². The quantitative estimate of drug-likeness (QED) is 0.498. The number of halogens is 1. The monoisotopic (exact) mass is 256 g/mol. The molecule has 1 saturated heterocycles. The molecule has 1 aromatic carbocycles. The van der Waals surface area contributed by atoms with E-state index in [2.05, 4.69) is 12.6 Å². The van der Waals surface area contributed by atoms with Crippen molar-refractivity contribution in [2.45, 2.75) is 11.7 Å². The molecule has 0 radical (unpaired) electrons. The van der Waals surface area contributed by atoms with Crippen molar-refractivity contribution in [3.63, 3.8) is 0 Å². The Morgan fingerprint density at radius 2 is 2.24 bits per heavy atom. The molecular formula is C10H9FN2O3S. The van der Waals surface area contributed by atoms with Crippen molar-refractivity contribution < 1.29 is 14.1 Å². The highest BCUT2D eigenvalue weighted by Crippen LogP contribution is 2.28. The fourth-order valence-electron chi connectivity index (χ4n) is 1.75. The lowest BCUT2D eigenvalue weighted by atomic mass is 10.2. The third-order valence-electron chi connectivity index (χ3n) is 2.54. The second-order valence-electron chi connectivity index (χ2n) is 3.76. The van der Waals surface area contributed by atoms with Crippen molar-refractivity contribution in [1.82, 2.24) is 0 Å². The number of carbonyl (C=O) groups excluding carboxylic acids is 1. The van der Waals surface area contributed by atoms with Gasteiger partial charge in [0.2, 0.25) is 11.7 Å². The van der Waals surface area contributed by atoms with Crippen LogP contribution in [0.15, 0.2) is 18.2 Å². The van der Waals surface area contributed by atoms with Crippen molar-refractivity contribution >= 4 is 29.9 Å². The van der Waals surface area contributed by atoms with E-state index in [1.165, 1.54) is 11.0 Å². The molecular weight excluding hydrogens is 247 g/mol. The van der Waals surface area contributed by atoms with Gasteiger partial charge in [-0.3, -0.25) is 14.9 Å². The summed E-state index contributed by atoms with van der Waals surface area (Å²) >= 11 is 4.18. The molecule has 1 fully saturated rings. The third-order valence-corrected chi connectivity index (χ3v) is 2.89. The van der Waals surface area contributed by atoms with Crippen LogP contribution in [0.4, 0.5) is 15.8 Å². The first-order valence-corrected chi connectivity index (χ1v) is 5.43. The molecule has 2 rings (SSSR count). The number of anilines is 1. The summed E-state index contributed by atoms with van der Waals surface area (Å²) in [6.45, 7) is 0.380. The summed E-state index contributed by atoms with van der Waals surface area (Å²) in [4.78, 5) is 22.7. The Hall–Kier alpha value is -1.63. The molecule has 1 unspecified atom stereocenters. The Morgan fingerprint density at radius 1 is 1.53 bits per heavy atom. The van der Waals surface area contributed by atoms with Crippen LogP contribution in [0.3, 0.4) is 0 Å². The van der Waals surface area contributed by atoms with Crippen LogP contribution >= 0.6 is 12.6 Å².